The third-order valence-corrected chi connectivity index (χ3v) is 11.3. The summed E-state index contributed by atoms with van der Waals surface area (Å²) < 4.78 is 5.01. The molecular formula is C28H49NO4. The maximum absolute atomic E-state index is 11.8. The van der Waals surface area contributed by atoms with Gasteiger partial charge in [-0.05, 0) is 111 Å². The molecule has 4 saturated carbocycles. The number of fused-ring (bicyclic) bond motifs is 5. The fraction of sp³-hybridized carbons (Fsp3) is 0.964. The van der Waals surface area contributed by atoms with Crippen LogP contribution in [0, 0.1) is 52.3 Å². The molecule has 33 heavy (non-hydrogen) atoms. The highest BCUT2D eigenvalue weighted by Gasteiger charge is 2.64. The fourth-order valence-corrected chi connectivity index (χ4v) is 9.72. The molecule has 0 radical (unpaired) electrons. The molecule has 0 aromatic rings. The molecule has 0 heterocycles. The zero-order chi connectivity index (χ0) is 24.0. The largest absolute Gasteiger partial charge is 0.450 e. The van der Waals surface area contributed by atoms with Gasteiger partial charge in [0.15, 0.2) is 0 Å². The maximum Gasteiger partial charge on any atom is 0.407 e. The number of ether oxygens (including phenoxy) is 1. The highest BCUT2D eigenvalue weighted by molar-refractivity contribution is 5.66. The normalized spacial score (nSPS) is 47.7. The maximum atomic E-state index is 11.8. The van der Waals surface area contributed by atoms with Gasteiger partial charge in [-0.1, -0.05) is 34.1 Å². The molecule has 0 bridgehead atoms. The van der Waals surface area contributed by atoms with Crippen molar-refractivity contribution in [3.63, 3.8) is 0 Å². The molecule has 0 aromatic carbocycles. The van der Waals surface area contributed by atoms with E-state index in [1.165, 1.54) is 25.7 Å². The quantitative estimate of drug-likeness (QED) is 0.494. The molecule has 5 nitrogen and oxygen atoms in total. The number of carbonyl (C=O) groups is 1. The average molecular weight is 464 g/mol. The third kappa shape index (κ3) is 4.24. The van der Waals surface area contributed by atoms with Gasteiger partial charge in [-0.15, -0.1) is 0 Å². The van der Waals surface area contributed by atoms with Crippen molar-refractivity contribution in [2.45, 2.75) is 105 Å². The molecule has 0 saturated heterocycles. The molecule has 4 aliphatic carbocycles. The SMILES string of the molecule is CCOC(=O)NCC[C@@H](C)[C@H]1CC[C@H]2[C@@H]3[C@H](O)[C@H](CC)[C@@H]4C[C@H](O)CC[C@]4(C)[C@H]3CC[C@]12C. The first kappa shape index (κ1) is 25.3. The molecule has 4 rings (SSSR count). The second-order valence-electron chi connectivity index (χ2n) is 12.5. The van der Waals surface area contributed by atoms with Gasteiger partial charge in [0.25, 0.3) is 0 Å². The van der Waals surface area contributed by atoms with Crippen molar-refractivity contribution in [2.75, 3.05) is 13.2 Å². The summed E-state index contributed by atoms with van der Waals surface area (Å²) in [6.45, 7) is 12.6. The van der Waals surface area contributed by atoms with E-state index in [2.05, 4.69) is 33.0 Å². The van der Waals surface area contributed by atoms with Crippen molar-refractivity contribution in [1.82, 2.24) is 5.32 Å². The Morgan fingerprint density at radius 1 is 1.03 bits per heavy atom. The molecule has 5 heteroatoms. The van der Waals surface area contributed by atoms with E-state index in [1.807, 2.05) is 6.92 Å². The number of alkyl carbamates (subject to hydrolysis) is 1. The molecule has 0 aromatic heterocycles. The first-order valence-electron chi connectivity index (χ1n) is 13.9. The highest BCUT2D eigenvalue weighted by atomic mass is 16.5. The number of hydrogen-bond donors (Lipinski definition) is 3. The average Bonchev–Trinajstić information content (AvgIpc) is 3.12. The van der Waals surface area contributed by atoms with Crippen molar-refractivity contribution in [2.24, 2.45) is 52.3 Å². The lowest BCUT2D eigenvalue weighted by Gasteiger charge is -2.64. The smallest absolute Gasteiger partial charge is 0.407 e. The lowest BCUT2D eigenvalue weighted by atomic mass is 9.41. The molecule has 0 unspecified atom stereocenters. The Labute approximate surface area is 201 Å². The first-order chi connectivity index (χ1) is 15.7. The van der Waals surface area contributed by atoms with Gasteiger partial charge in [0.1, 0.15) is 0 Å². The summed E-state index contributed by atoms with van der Waals surface area (Å²) in [6, 6.07) is 0. The van der Waals surface area contributed by atoms with Crippen LogP contribution in [0.15, 0.2) is 0 Å². The Morgan fingerprint density at radius 3 is 2.42 bits per heavy atom. The van der Waals surface area contributed by atoms with Gasteiger partial charge in [0.2, 0.25) is 0 Å². The summed E-state index contributed by atoms with van der Waals surface area (Å²) in [5.41, 5.74) is 0.541. The van der Waals surface area contributed by atoms with Crippen LogP contribution in [0.2, 0.25) is 0 Å². The van der Waals surface area contributed by atoms with Crippen LogP contribution < -0.4 is 5.32 Å². The summed E-state index contributed by atoms with van der Waals surface area (Å²) in [7, 11) is 0. The summed E-state index contributed by atoms with van der Waals surface area (Å²) in [5.74, 6) is 3.56. The van der Waals surface area contributed by atoms with Crippen LogP contribution in [0.25, 0.3) is 0 Å². The molecular weight excluding hydrogens is 414 g/mol. The fourth-order valence-electron chi connectivity index (χ4n) is 9.72. The Hall–Kier alpha value is -0.810. The number of hydrogen-bond acceptors (Lipinski definition) is 4. The number of carbonyl (C=O) groups excluding carboxylic acids is 1. The van der Waals surface area contributed by atoms with E-state index < -0.39 is 0 Å². The molecule has 190 valence electrons. The van der Waals surface area contributed by atoms with Crippen LogP contribution in [0.4, 0.5) is 4.79 Å². The summed E-state index contributed by atoms with van der Waals surface area (Å²) in [4.78, 5) is 11.7. The first-order valence-corrected chi connectivity index (χ1v) is 13.9. The number of amides is 1. The van der Waals surface area contributed by atoms with Gasteiger partial charge in [0, 0.05) is 6.54 Å². The monoisotopic (exact) mass is 463 g/mol. The Bertz CT molecular complexity index is 699. The van der Waals surface area contributed by atoms with E-state index in [-0.39, 0.29) is 29.1 Å². The minimum atomic E-state index is -0.308. The van der Waals surface area contributed by atoms with E-state index in [9.17, 15) is 15.0 Å². The second kappa shape index (κ2) is 9.68. The predicted molar refractivity (Wildman–Crippen MR) is 131 cm³/mol. The lowest BCUT2D eigenvalue weighted by Crippen LogP contribution is -2.62. The molecule has 0 aliphatic heterocycles. The molecule has 1 amide bonds. The van der Waals surface area contributed by atoms with E-state index in [0.717, 1.165) is 32.1 Å². The van der Waals surface area contributed by atoms with Gasteiger partial charge in [-0.25, -0.2) is 4.79 Å². The summed E-state index contributed by atoms with van der Waals surface area (Å²) >= 11 is 0. The standard InChI is InChI=1S/C28H49NO4/c1-6-19-23-16-18(30)10-13-28(23,5)22-11-14-27(4)20(8-9-21(27)24(22)25(19)31)17(3)12-15-29-26(32)33-7-2/h17-25,30-31H,6-16H2,1-5H3,(H,29,32)/t17-,18-,19-,20-,21+,22+,23+,24+,25-,27-,28-/m1/s1. The van der Waals surface area contributed by atoms with Gasteiger partial charge in [0.05, 0.1) is 18.8 Å². The number of aliphatic hydroxyl groups is 2. The van der Waals surface area contributed by atoms with E-state index in [4.69, 9.17) is 4.74 Å². The second-order valence-corrected chi connectivity index (χ2v) is 12.5. The molecule has 3 N–H and O–H groups in total. The van der Waals surface area contributed by atoms with Crippen LogP contribution in [-0.2, 0) is 4.74 Å². The Balaban J connectivity index is 1.50. The number of nitrogens with one attached hydrogen (secondary N) is 1. The van der Waals surface area contributed by atoms with Crippen LogP contribution in [0.5, 0.6) is 0 Å². The van der Waals surface area contributed by atoms with E-state index >= 15 is 0 Å². The van der Waals surface area contributed by atoms with E-state index in [0.29, 0.717) is 54.6 Å². The lowest BCUT2D eigenvalue weighted by molar-refractivity contribution is -0.203. The Kier molecular flexibility index (Phi) is 7.42. The Morgan fingerprint density at radius 2 is 1.73 bits per heavy atom. The van der Waals surface area contributed by atoms with Gasteiger partial charge >= 0.3 is 6.09 Å². The minimum absolute atomic E-state index is 0.186. The molecule has 11 atom stereocenters. The molecule has 0 spiro atoms. The molecule has 4 fully saturated rings. The van der Waals surface area contributed by atoms with Gasteiger partial charge in [-0.2, -0.15) is 0 Å². The van der Waals surface area contributed by atoms with Gasteiger partial charge < -0.3 is 20.3 Å². The van der Waals surface area contributed by atoms with Crippen molar-refractivity contribution in [3.8, 4) is 0 Å². The highest BCUT2D eigenvalue weighted by Crippen LogP contribution is 2.69. The third-order valence-electron chi connectivity index (χ3n) is 11.3. The van der Waals surface area contributed by atoms with Crippen LogP contribution in [0.1, 0.15) is 92.4 Å². The van der Waals surface area contributed by atoms with E-state index in [1.54, 1.807) is 0 Å². The summed E-state index contributed by atoms with van der Waals surface area (Å²) in [6.07, 6.45) is 9.15. The van der Waals surface area contributed by atoms with Crippen molar-refractivity contribution >= 4 is 6.09 Å². The summed E-state index contributed by atoms with van der Waals surface area (Å²) in [5, 5.41) is 25.2. The van der Waals surface area contributed by atoms with Crippen molar-refractivity contribution in [1.29, 1.82) is 0 Å². The van der Waals surface area contributed by atoms with Crippen molar-refractivity contribution < 1.29 is 19.7 Å². The predicted octanol–water partition coefficient (Wildman–Crippen LogP) is 5.39. The minimum Gasteiger partial charge on any atom is -0.450 e. The zero-order valence-electron chi connectivity index (χ0n) is 21.7. The van der Waals surface area contributed by atoms with Crippen LogP contribution >= 0.6 is 0 Å². The van der Waals surface area contributed by atoms with Crippen LogP contribution in [0.3, 0.4) is 0 Å². The topological polar surface area (TPSA) is 78.8 Å². The van der Waals surface area contributed by atoms with Crippen LogP contribution in [-0.4, -0.2) is 41.7 Å². The zero-order valence-corrected chi connectivity index (χ0v) is 21.7. The number of rotatable bonds is 6. The van der Waals surface area contributed by atoms with Gasteiger partial charge in [-0.3, -0.25) is 0 Å². The molecule has 4 aliphatic rings. The number of aliphatic hydroxyl groups excluding tert-OH is 2. The van der Waals surface area contributed by atoms with Crippen molar-refractivity contribution in [3.05, 3.63) is 0 Å².